The summed E-state index contributed by atoms with van der Waals surface area (Å²) in [5.41, 5.74) is 2.65. The van der Waals surface area contributed by atoms with Crippen LogP contribution in [-0.2, 0) is 0 Å². The zero-order valence-electron chi connectivity index (χ0n) is 12.8. The Balaban J connectivity index is 1.78. The topological polar surface area (TPSA) is 35.6 Å². The fraction of sp³-hybridized carbons (Fsp3) is 0.278. The van der Waals surface area contributed by atoms with Crippen LogP contribution in [0.4, 0.5) is 11.4 Å². The Labute approximate surface area is 131 Å². The van der Waals surface area contributed by atoms with Crippen LogP contribution in [0.3, 0.4) is 0 Å². The van der Waals surface area contributed by atoms with Gasteiger partial charge < -0.3 is 15.1 Å². The molecule has 22 heavy (non-hydrogen) atoms. The molecule has 4 nitrogen and oxygen atoms in total. The van der Waals surface area contributed by atoms with Crippen LogP contribution in [0, 0.1) is 0 Å². The molecule has 1 heterocycles. The third-order valence-corrected chi connectivity index (χ3v) is 4.03. The minimum Gasteiger partial charge on any atom is -0.367 e. The number of para-hydroxylation sites is 2. The molecule has 0 atom stereocenters. The van der Waals surface area contributed by atoms with E-state index >= 15 is 0 Å². The van der Waals surface area contributed by atoms with E-state index in [4.69, 9.17) is 0 Å². The van der Waals surface area contributed by atoms with Crippen molar-refractivity contribution in [2.45, 2.75) is 0 Å². The molecule has 2 aromatic rings. The molecular weight excluding hydrogens is 274 g/mol. The normalized spacial score (nSPS) is 15.6. The van der Waals surface area contributed by atoms with Crippen LogP contribution in [0.2, 0.25) is 0 Å². The molecule has 4 heteroatoms. The van der Waals surface area contributed by atoms with E-state index in [2.05, 4.69) is 28.2 Å². The summed E-state index contributed by atoms with van der Waals surface area (Å²) in [6.45, 7) is 4.05. The summed E-state index contributed by atoms with van der Waals surface area (Å²) in [5.74, 6) is -0.0674. The van der Waals surface area contributed by atoms with Crippen molar-refractivity contribution >= 4 is 17.3 Å². The standard InChI is InChI=1S/C18H21N3O/c1-20-11-13-21(14-12-20)17-10-6-5-9-16(17)19-18(22)15-7-3-2-4-8-15/h2-10H,11-14H2,1H3,(H,19,22). The average Bonchev–Trinajstić information content (AvgIpc) is 2.57. The highest BCUT2D eigenvalue weighted by atomic mass is 16.1. The van der Waals surface area contributed by atoms with E-state index in [1.165, 1.54) is 0 Å². The quantitative estimate of drug-likeness (QED) is 0.945. The first-order chi connectivity index (χ1) is 10.7. The lowest BCUT2D eigenvalue weighted by Gasteiger charge is -2.35. The number of nitrogens with zero attached hydrogens (tertiary/aromatic N) is 2. The van der Waals surface area contributed by atoms with E-state index < -0.39 is 0 Å². The molecule has 1 aliphatic heterocycles. The molecule has 0 aliphatic carbocycles. The minimum atomic E-state index is -0.0674. The number of likely N-dealkylation sites (N-methyl/N-ethyl adjacent to an activating group) is 1. The maximum Gasteiger partial charge on any atom is 0.255 e. The van der Waals surface area contributed by atoms with E-state index in [0.717, 1.165) is 37.6 Å². The van der Waals surface area contributed by atoms with Gasteiger partial charge in [0.1, 0.15) is 0 Å². The largest absolute Gasteiger partial charge is 0.367 e. The number of carbonyl (C=O) groups excluding carboxylic acids is 1. The zero-order valence-corrected chi connectivity index (χ0v) is 12.8. The highest BCUT2D eigenvalue weighted by Crippen LogP contribution is 2.26. The van der Waals surface area contributed by atoms with Crippen molar-refractivity contribution in [3.05, 3.63) is 60.2 Å². The van der Waals surface area contributed by atoms with Gasteiger partial charge in [-0.3, -0.25) is 4.79 Å². The summed E-state index contributed by atoms with van der Waals surface area (Å²) in [4.78, 5) is 17.0. The van der Waals surface area contributed by atoms with Crippen LogP contribution >= 0.6 is 0 Å². The molecule has 3 rings (SSSR count). The highest BCUT2D eigenvalue weighted by Gasteiger charge is 2.17. The molecule has 0 bridgehead atoms. The Hall–Kier alpha value is -2.33. The number of anilines is 2. The van der Waals surface area contributed by atoms with Gasteiger partial charge in [-0.25, -0.2) is 0 Å². The van der Waals surface area contributed by atoms with Crippen LogP contribution in [0.5, 0.6) is 0 Å². The van der Waals surface area contributed by atoms with Gasteiger partial charge >= 0.3 is 0 Å². The Kier molecular flexibility index (Phi) is 4.39. The van der Waals surface area contributed by atoms with Gasteiger partial charge in [-0.15, -0.1) is 0 Å². The second kappa shape index (κ2) is 6.62. The maximum atomic E-state index is 12.4. The number of benzene rings is 2. The molecule has 1 fully saturated rings. The van der Waals surface area contributed by atoms with Gasteiger partial charge in [0.2, 0.25) is 0 Å². The molecule has 1 saturated heterocycles. The van der Waals surface area contributed by atoms with Crippen LogP contribution in [0.15, 0.2) is 54.6 Å². The number of carbonyl (C=O) groups is 1. The van der Waals surface area contributed by atoms with Gasteiger partial charge in [-0.1, -0.05) is 30.3 Å². The molecule has 0 unspecified atom stereocenters. The second-order valence-corrected chi connectivity index (χ2v) is 5.63. The van der Waals surface area contributed by atoms with Crippen molar-refractivity contribution in [1.29, 1.82) is 0 Å². The van der Waals surface area contributed by atoms with E-state index in [1.54, 1.807) is 0 Å². The van der Waals surface area contributed by atoms with E-state index in [-0.39, 0.29) is 5.91 Å². The van der Waals surface area contributed by atoms with Crippen LogP contribution < -0.4 is 10.2 Å². The molecule has 1 N–H and O–H groups in total. The van der Waals surface area contributed by atoms with Gasteiger partial charge in [-0.2, -0.15) is 0 Å². The number of nitrogens with one attached hydrogen (secondary N) is 1. The summed E-state index contributed by atoms with van der Waals surface area (Å²) in [7, 11) is 2.14. The van der Waals surface area contributed by atoms with Crippen molar-refractivity contribution in [1.82, 2.24) is 4.90 Å². The number of piperazine rings is 1. The summed E-state index contributed by atoms with van der Waals surface area (Å²) >= 11 is 0. The Morgan fingerprint density at radius 1 is 0.909 bits per heavy atom. The molecule has 114 valence electrons. The van der Waals surface area contributed by atoms with Gasteiger partial charge in [0, 0.05) is 31.7 Å². The lowest BCUT2D eigenvalue weighted by atomic mass is 10.2. The molecule has 0 radical (unpaired) electrons. The smallest absolute Gasteiger partial charge is 0.255 e. The van der Waals surface area contributed by atoms with Gasteiger partial charge in [-0.05, 0) is 31.3 Å². The van der Waals surface area contributed by atoms with Crippen molar-refractivity contribution in [3.63, 3.8) is 0 Å². The SMILES string of the molecule is CN1CCN(c2ccccc2NC(=O)c2ccccc2)CC1. The Bertz CT molecular complexity index is 634. The first-order valence-electron chi connectivity index (χ1n) is 7.63. The molecule has 0 saturated carbocycles. The lowest BCUT2D eigenvalue weighted by molar-refractivity contribution is 0.102. The molecule has 2 aromatic carbocycles. The fourth-order valence-corrected chi connectivity index (χ4v) is 2.69. The monoisotopic (exact) mass is 295 g/mol. The van der Waals surface area contributed by atoms with Crippen LogP contribution in [-0.4, -0.2) is 44.0 Å². The highest BCUT2D eigenvalue weighted by molar-refractivity contribution is 6.05. The van der Waals surface area contributed by atoms with Crippen molar-refractivity contribution in [2.75, 3.05) is 43.4 Å². The van der Waals surface area contributed by atoms with E-state index in [1.807, 2.05) is 48.5 Å². The van der Waals surface area contributed by atoms with Crippen LogP contribution in [0.25, 0.3) is 0 Å². The molecule has 1 aliphatic rings. The predicted octanol–water partition coefficient (Wildman–Crippen LogP) is 2.69. The summed E-state index contributed by atoms with van der Waals surface area (Å²) in [6, 6.07) is 17.3. The maximum absolute atomic E-state index is 12.4. The van der Waals surface area contributed by atoms with Crippen molar-refractivity contribution < 1.29 is 4.79 Å². The van der Waals surface area contributed by atoms with Crippen LogP contribution in [0.1, 0.15) is 10.4 Å². The predicted molar refractivity (Wildman–Crippen MR) is 90.5 cm³/mol. The summed E-state index contributed by atoms with van der Waals surface area (Å²) in [5, 5.41) is 3.04. The first kappa shape index (κ1) is 14.6. The van der Waals surface area contributed by atoms with Gasteiger partial charge in [0.25, 0.3) is 5.91 Å². The summed E-state index contributed by atoms with van der Waals surface area (Å²) < 4.78 is 0. The van der Waals surface area contributed by atoms with Crippen molar-refractivity contribution in [3.8, 4) is 0 Å². The van der Waals surface area contributed by atoms with Gasteiger partial charge in [0.15, 0.2) is 0 Å². The molecule has 1 amide bonds. The third-order valence-electron chi connectivity index (χ3n) is 4.03. The Morgan fingerprint density at radius 3 is 2.27 bits per heavy atom. The number of amides is 1. The van der Waals surface area contributed by atoms with Crippen molar-refractivity contribution in [2.24, 2.45) is 0 Å². The van der Waals surface area contributed by atoms with Gasteiger partial charge in [0.05, 0.1) is 11.4 Å². The van der Waals surface area contributed by atoms with E-state index in [9.17, 15) is 4.79 Å². The molecule has 0 spiro atoms. The average molecular weight is 295 g/mol. The molecular formula is C18H21N3O. The van der Waals surface area contributed by atoms with E-state index in [0.29, 0.717) is 5.56 Å². The third kappa shape index (κ3) is 3.28. The molecule has 0 aromatic heterocycles. The number of rotatable bonds is 3. The minimum absolute atomic E-state index is 0.0674. The zero-order chi connectivity index (χ0) is 15.4. The second-order valence-electron chi connectivity index (χ2n) is 5.63. The first-order valence-corrected chi connectivity index (χ1v) is 7.63. The lowest BCUT2D eigenvalue weighted by Crippen LogP contribution is -2.44. The summed E-state index contributed by atoms with van der Waals surface area (Å²) in [6.07, 6.45) is 0. The Morgan fingerprint density at radius 2 is 1.55 bits per heavy atom. The number of hydrogen-bond donors (Lipinski definition) is 1. The number of hydrogen-bond acceptors (Lipinski definition) is 3. The fourth-order valence-electron chi connectivity index (χ4n) is 2.69.